The highest BCUT2D eigenvalue weighted by molar-refractivity contribution is 7.91. The van der Waals surface area contributed by atoms with Gasteiger partial charge in [0.05, 0.1) is 22.4 Å². The quantitative estimate of drug-likeness (QED) is 0.824. The molecule has 0 radical (unpaired) electrons. The SMILES string of the molecule is CCCS(=O)(=O)c1ccccc1NC(CC)c1ncc[nH]1. The number of para-hydroxylation sites is 1. The Labute approximate surface area is 125 Å². The van der Waals surface area contributed by atoms with Crippen molar-refractivity contribution in [2.45, 2.75) is 37.6 Å². The molecule has 0 spiro atoms. The van der Waals surface area contributed by atoms with Crippen LogP contribution in [0.1, 0.15) is 38.6 Å². The molecule has 0 aliphatic heterocycles. The molecule has 1 aromatic heterocycles. The van der Waals surface area contributed by atoms with Crippen molar-refractivity contribution < 1.29 is 8.42 Å². The van der Waals surface area contributed by atoms with Crippen molar-refractivity contribution >= 4 is 15.5 Å². The maximum absolute atomic E-state index is 12.3. The van der Waals surface area contributed by atoms with E-state index in [1.54, 1.807) is 30.6 Å². The Bertz CT molecular complexity index is 666. The number of benzene rings is 1. The summed E-state index contributed by atoms with van der Waals surface area (Å²) < 4.78 is 24.7. The van der Waals surface area contributed by atoms with Crippen LogP contribution in [0.25, 0.3) is 0 Å². The number of hydrogen-bond acceptors (Lipinski definition) is 4. The van der Waals surface area contributed by atoms with Crippen LogP contribution in [0.3, 0.4) is 0 Å². The molecule has 1 atom stereocenters. The first-order valence-corrected chi connectivity index (χ1v) is 8.81. The van der Waals surface area contributed by atoms with Crippen LogP contribution < -0.4 is 5.32 Å². The molecule has 2 rings (SSSR count). The number of aromatic nitrogens is 2. The van der Waals surface area contributed by atoms with Crippen LogP contribution in [0.15, 0.2) is 41.6 Å². The molecule has 0 saturated heterocycles. The van der Waals surface area contributed by atoms with E-state index in [9.17, 15) is 8.42 Å². The van der Waals surface area contributed by atoms with Gasteiger partial charge in [0.15, 0.2) is 9.84 Å². The minimum Gasteiger partial charge on any atom is -0.374 e. The zero-order valence-electron chi connectivity index (χ0n) is 12.3. The third-order valence-corrected chi connectivity index (χ3v) is 5.25. The van der Waals surface area contributed by atoms with E-state index in [2.05, 4.69) is 15.3 Å². The summed E-state index contributed by atoms with van der Waals surface area (Å²) in [5.74, 6) is 0.962. The highest BCUT2D eigenvalue weighted by atomic mass is 32.2. The van der Waals surface area contributed by atoms with Gasteiger partial charge >= 0.3 is 0 Å². The van der Waals surface area contributed by atoms with Crippen LogP contribution in [0.4, 0.5) is 5.69 Å². The highest BCUT2D eigenvalue weighted by Crippen LogP contribution is 2.27. The number of aromatic amines is 1. The smallest absolute Gasteiger partial charge is 0.180 e. The van der Waals surface area contributed by atoms with Crippen molar-refractivity contribution in [1.82, 2.24) is 9.97 Å². The third kappa shape index (κ3) is 3.64. The average molecular weight is 307 g/mol. The lowest BCUT2D eigenvalue weighted by Crippen LogP contribution is -2.15. The van der Waals surface area contributed by atoms with Crippen LogP contribution >= 0.6 is 0 Å². The summed E-state index contributed by atoms with van der Waals surface area (Å²) >= 11 is 0. The van der Waals surface area contributed by atoms with Gasteiger partial charge in [-0.1, -0.05) is 26.0 Å². The second-order valence-corrected chi connectivity index (χ2v) is 6.97. The van der Waals surface area contributed by atoms with Crippen LogP contribution in [-0.4, -0.2) is 24.1 Å². The van der Waals surface area contributed by atoms with E-state index in [4.69, 9.17) is 0 Å². The molecule has 2 aromatic rings. The molecule has 5 nitrogen and oxygen atoms in total. The first kappa shape index (κ1) is 15.6. The number of imidazole rings is 1. The zero-order valence-corrected chi connectivity index (χ0v) is 13.2. The summed E-state index contributed by atoms with van der Waals surface area (Å²) in [4.78, 5) is 7.67. The number of hydrogen-bond donors (Lipinski definition) is 2. The molecule has 1 unspecified atom stereocenters. The molecule has 114 valence electrons. The fourth-order valence-corrected chi connectivity index (χ4v) is 3.76. The van der Waals surface area contributed by atoms with Gasteiger partial charge in [0.1, 0.15) is 5.82 Å². The molecule has 6 heteroatoms. The molecular weight excluding hydrogens is 286 g/mol. The van der Waals surface area contributed by atoms with E-state index in [1.165, 1.54) is 0 Å². The van der Waals surface area contributed by atoms with Crippen molar-refractivity contribution in [2.24, 2.45) is 0 Å². The Morgan fingerprint density at radius 3 is 2.67 bits per heavy atom. The van der Waals surface area contributed by atoms with E-state index < -0.39 is 9.84 Å². The Hall–Kier alpha value is -1.82. The van der Waals surface area contributed by atoms with Gasteiger partial charge in [-0.3, -0.25) is 0 Å². The van der Waals surface area contributed by atoms with Gasteiger partial charge in [-0.2, -0.15) is 0 Å². The zero-order chi connectivity index (χ0) is 15.3. The standard InChI is InChI=1S/C15H21N3O2S/c1-3-11-21(19,20)14-8-6-5-7-13(14)18-12(4-2)15-16-9-10-17-15/h5-10,12,18H,3-4,11H2,1-2H3,(H,16,17). The van der Waals surface area contributed by atoms with Gasteiger partial charge in [-0.05, 0) is 25.0 Å². The molecule has 21 heavy (non-hydrogen) atoms. The monoisotopic (exact) mass is 307 g/mol. The fraction of sp³-hybridized carbons (Fsp3) is 0.400. The molecule has 0 aliphatic carbocycles. The molecule has 1 heterocycles. The van der Waals surface area contributed by atoms with Gasteiger partial charge in [-0.25, -0.2) is 13.4 Å². The first-order chi connectivity index (χ1) is 10.1. The Morgan fingerprint density at radius 2 is 2.05 bits per heavy atom. The predicted molar refractivity (Wildman–Crippen MR) is 84.0 cm³/mol. The summed E-state index contributed by atoms with van der Waals surface area (Å²) in [5.41, 5.74) is 0.634. The molecule has 1 aromatic carbocycles. The van der Waals surface area contributed by atoms with Crippen molar-refractivity contribution in [3.63, 3.8) is 0 Å². The van der Waals surface area contributed by atoms with Crippen molar-refractivity contribution in [1.29, 1.82) is 0 Å². The molecule has 0 saturated carbocycles. The first-order valence-electron chi connectivity index (χ1n) is 7.16. The van der Waals surface area contributed by atoms with Crippen molar-refractivity contribution in [2.75, 3.05) is 11.1 Å². The van der Waals surface area contributed by atoms with Gasteiger partial charge in [-0.15, -0.1) is 0 Å². The van der Waals surface area contributed by atoms with Gasteiger partial charge < -0.3 is 10.3 Å². The van der Waals surface area contributed by atoms with E-state index in [-0.39, 0.29) is 11.8 Å². The second kappa shape index (κ2) is 6.76. The van der Waals surface area contributed by atoms with Gasteiger partial charge in [0, 0.05) is 12.4 Å². The lowest BCUT2D eigenvalue weighted by molar-refractivity contribution is 0.594. The summed E-state index contributed by atoms with van der Waals surface area (Å²) in [7, 11) is -3.26. The number of anilines is 1. The lowest BCUT2D eigenvalue weighted by Gasteiger charge is -2.18. The number of nitrogens with one attached hydrogen (secondary N) is 2. The normalized spacial score (nSPS) is 13.0. The summed E-state index contributed by atoms with van der Waals surface area (Å²) in [6, 6.07) is 7.00. The van der Waals surface area contributed by atoms with E-state index >= 15 is 0 Å². The molecule has 0 bridgehead atoms. The molecule has 0 fully saturated rings. The number of sulfone groups is 1. The minimum atomic E-state index is -3.26. The summed E-state index contributed by atoms with van der Waals surface area (Å²) in [5, 5.41) is 3.29. The van der Waals surface area contributed by atoms with E-state index in [0.29, 0.717) is 17.0 Å². The number of H-pyrrole nitrogens is 1. The molecule has 0 amide bonds. The largest absolute Gasteiger partial charge is 0.374 e. The summed E-state index contributed by atoms with van der Waals surface area (Å²) in [6.45, 7) is 3.90. The van der Waals surface area contributed by atoms with Crippen LogP contribution in [0, 0.1) is 0 Å². The predicted octanol–water partition coefficient (Wildman–Crippen LogP) is 3.16. The Balaban J connectivity index is 2.32. The van der Waals surface area contributed by atoms with Crippen molar-refractivity contribution in [3.05, 3.63) is 42.5 Å². The molecule has 0 aliphatic rings. The van der Waals surface area contributed by atoms with E-state index in [1.807, 2.05) is 19.9 Å². The van der Waals surface area contributed by atoms with Crippen molar-refractivity contribution in [3.8, 4) is 0 Å². The number of nitrogens with zero attached hydrogens (tertiary/aromatic N) is 1. The topological polar surface area (TPSA) is 74.8 Å². The highest BCUT2D eigenvalue weighted by Gasteiger charge is 2.20. The van der Waals surface area contributed by atoms with Crippen LogP contribution in [0.5, 0.6) is 0 Å². The maximum atomic E-state index is 12.3. The Morgan fingerprint density at radius 1 is 1.29 bits per heavy atom. The Kier molecular flexibility index (Phi) is 5.01. The minimum absolute atomic E-state index is 0.0435. The van der Waals surface area contributed by atoms with Crippen LogP contribution in [0.2, 0.25) is 0 Å². The van der Waals surface area contributed by atoms with E-state index in [0.717, 1.165) is 12.2 Å². The summed E-state index contributed by atoms with van der Waals surface area (Å²) in [6.07, 6.45) is 4.86. The van der Waals surface area contributed by atoms with Crippen LogP contribution in [-0.2, 0) is 9.84 Å². The lowest BCUT2D eigenvalue weighted by atomic mass is 10.2. The fourth-order valence-electron chi connectivity index (χ4n) is 2.26. The molecular formula is C15H21N3O2S. The second-order valence-electron chi connectivity index (χ2n) is 4.89. The molecule has 2 N–H and O–H groups in total. The third-order valence-electron chi connectivity index (χ3n) is 3.28. The average Bonchev–Trinajstić information content (AvgIpc) is 2.99. The maximum Gasteiger partial charge on any atom is 0.180 e. The van der Waals surface area contributed by atoms with Gasteiger partial charge in [0.2, 0.25) is 0 Å². The van der Waals surface area contributed by atoms with Gasteiger partial charge in [0.25, 0.3) is 0 Å². The number of rotatable bonds is 7.